The maximum Gasteiger partial charge on any atom is 0.0921 e. The van der Waals surface area contributed by atoms with Gasteiger partial charge in [0.2, 0.25) is 0 Å². The molecule has 0 N–H and O–H groups in total. The zero-order valence-corrected chi connectivity index (χ0v) is 11.1. The monoisotopic (exact) mass is 219 g/mol. The van der Waals surface area contributed by atoms with E-state index in [1.807, 2.05) is 18.7 Å². The van der Waals surface area contributed by atoms with Crippen molar-refractivity contribution < 1.29 is 4.74 Å². The molecule has 0 aromatic heterocycles. The molecule has 0 radical (unpaired) electrons. The lowest BCUT2D eigenvalue weighted by atomic mass is 10.2. The Labute approximate surface area is 93.4 Å². The Morgan fingerprint density at radius 3 is 2.14 bits per heavy atom. The largest absolute Gasteiger partial charge is 0.371 e. The molecule has 0 bridgehead atoms. The quantitative estimate of drug-likeness (QED) is 0.460. The first-order chi connectivity index (χ1) is 6.59. The molecule has 0 saturated heterocycles. The second kappa shape index (κ2) is 8.57. The van der Waals surface area contributed by atoms with Gasteiger partial charge in [0.25, 0.3) is 0 Å². The van der Waals surface area contributed by atoms with E-state index in [4.69, 9.17) is 4.74 Å². The van der Waals surface area contributed by atoms with Gasteiger partial charge in [-0.15, -0.1) is 11.8 Å². The highest BCUT2D eigenvalue weighted by molar-refractivity contribution is 7.99. The summed E-state index contributed by atoms with van der Waals surface area (Å²) in [7, 11) is 0. The van der Waals surface area contributed by atoms with Crippen molar-refractivity contribution in [2.45, 2.75) is 46.7 Å². The fourth-order valence-corrected chi connectivity index (χ4v) is 2.23. The van der Waals surface area contributed by atoms with Crippen LogP contribution in [-0.2, 0) is 4.74 Å². The molecule has 0 fully saturated rings. The Balaban J connectivity index is 3.52. The fourth-order valence-electron chi connectivity index (χ4n) is 1.48. The lowest BCUT2D eigenvalue weighted by molar-refractivity contribution is 0.185. The van der Waals surface area contributed by atoms with E-state index in [1.54, 1.807) is 0 Å². The van der Waals surface area contributed by atoms with E-state index >= 15 is 0 Å². The molecule has 0 spiro atoms. The molecule has 0 aliphatic rings. The van der Waals surface area contributed by atoms with Crippen LogP contribution < -0.4 is 0 Å². The van der Waals surface area contributed by atoms with Crippen LogP contribution in [-0.4, -0.2) is 41.8 Å². The molecule has 0 amide bonds. The minimum Gasteiger partial charge on any atom is -0.371 e. The van der Waals surface area contributed by atoms with Crippen LogP contribution in [0.25, 0.3) is 0 Å². The van der Waals surface area contributed by atoms with Gasteiger partial charge in [-0.05, 0) is 34.6 Å². The number of nitrogens with zero attached hydrogens (tertiary/aromatic N) is 1. The zero-order valence-electron chi connectivity index (χ0n) is 10.2. The van der Waals surface area contributed by atoms with Gasteiger partial charge in [0, 0.05) is 31.0 Å². The third-order valence-electron chi connectivity index (χ3n) is 2.19. The van der Waals surface area contributed by atoms with Gasteiger partial charge in [-0.2, -0.15) is 0 Å². The van der Waals surface area contributed by atoms with Gasteiger partial charge in [-0.1, -0.05) is 0 Å². The molecule has 2 nitrogen and oxygen atoms in total. The highest BCUT2D eigenvalue weighted by atomic mass is 32.2. The van der Waals surface area contributed by atoms with Crippen LogP contribution in [0.1, 0.15) is 34.6 Å². The second-order valence-corrected chi connectivity index (χ2v) is 5.00. The lowest BCUT2D eigenvalue weighted by Gasteiger charge is -2.30. The summed E-state index contributed by atoms with van der Waals surface area (Å²) >= 11 is 1.88. The number of hydrogen-bond acceptors (Lipinski definition) is 3. The van der Waals surface area contributed by atoms with Crippen LogP contribution in [0.3, 0.4) is 0 Å². The molecule has 0 unspecified atom stereocenters. The first kappa shape index (κ1) is 14.3. The van der Waals surface area contributed by atoms with Crippen LogP contribution in [0.5, 0.6) is 0 Å². The highest BCUT2D eigenvalue weighted by Gasteiger charge is 2.11. The van der Waals surface area contributed by atoms with Crippen molar-refractivity contribution in [2.75, 3.05) is 24.8 Å². The van der Waals surface area contributed by atoms with Gasteiger partial charge in [0.1, 0.15) is 0 Å². The van der Waals surface area contributed by atoms with Crippen molar-refractivity contribution in [3.8, 4) is 0 Å². The highest BCUT2D eigenvalue weighted by Crippen LogP contribution is 2.08. The van der Waals surface area contributed by atoms with Crippen molar-refractivity contribution in [1.82, 2.24) is 4.90 Å². The molecule has 0 atom stereocenters. The summed E-state index contributed by atoms with van der Waals surface area (Å²) < 4.78 is 5.28. The number of thioether (sulfide) groups is 1. The molecule has 0 rings (SSSR count). The maximum absolute atomic E-state index is 5.28. The van der Waals surface area contributed by atoms with Crippen molar-refractivity contribution in [3.05, 3.63) is 0 Å². The van der Waals surface area contributed by atoms with Gasteiger partial charge in [-0.25, -0.2) is 0 Å². The summed E-state index contributed by atoms with van der Waals surface area (Å²) in [5, 5.41) is 0. The van der Waals surface area contributed by atoms with E-state index in [2.05, 4.69) is 32.6 Å². The molecule has 3 heteroatoms. The Kier molecular flexibility index (Phi) is 8.73. The molecule has 14 heavy (non-hydrogen) atoms. The summed E-state index contributed by atoms with van der Waals surface area (Å²) in [5.41, 5.74) is 0. The Morgan fingerprint density at radius 1 is 1.14 bits per heavy atom. The Morgan fingerprint density at radius 2 is 1.71 bits per heavy atom. The maximum atomic E-state index is 5.28. The summed E-state index contributed by atoms with van der Waals surface area (Å²) in [5.74, 6) is 2.00. The standard InChI is InChI=1S/C11H25NOS/c1-6-13-9-14-8-7-12(10(2)3)11(4)5/h10-11H,6-9H2,1-5H3. The van der Waals surface area contributed by atoms with E-state index in [0.717, 1.165) is 24.8 Å². The summed E-state index contributed by atoms with van der Waals surface area (Å²) in [6, 6.07) is 1.28. The molecule has 0 aliphatic heterocycles. The first-order valence-corrected chi connectivity index (χ1v) is 6.66. The van der Waals surface area contributed by atoms with Crippen LogP contribution in [0.2, 0.25) is 0 Å². The van der Waals surface area contributed by atoms with E-state index in [1.165, 1.54) is 0 Å². The van der Waals surface area contributed by atoms with Crippen LogP contribution in [0, 0.1) is 0 Å². The molecular weight excluding hydrogens is 194 g/mol. The minimum atomic E-state index is 0.641. The van der Waals surface area contributed by atoms with Crippen LogP contribution in [0.15, 0.2) is 0 Å². The molecule has 0 aromatic rings. The average Bonchev–Trinajstić information content (AvgIpc) is 2.09. The summed E-state index contributed by atoms with van der Waals surface area (Å²) in [6.45, 7) is 13.0. The summed E-state index contributed by atoms with van der Waals surface area (Å²) in [4.78, 5) is 2.51. The zero-order chi connectivity index (χ0) is 11.0. The van der Waals surface area contributed by atoms with E-state index in [0.29, 0.717) is 12.1 Å². The van der Waals surface area contributed by atoms with Crippen LogP contribution in [0.4, 0.5) is 0 Å². The first-order valence-electron chi connectivity index (χ1n) is 5.50. The molecule has 0 heterocycles. The van der Waals surface area contributed by atoms with Crippen molar-refractivity contribution in [2.24, 2.45) is 0 Å². The van der Waals surface area contributed by atoms with E-state index in [9.17, 15) is 0 Å². The third-order valence-corrected chi connectivity index (χ3v) is 3.00. The fraction of sp³-hybridized carbons (Fsp3) is 1.00. The smallest absolute Gasteiger partial charge is 0.0921 e. The lowest BCUT2D eigenvalue weighted by Crippen LogP contribution is -2.38. The number of hydrogen-bond donors (Lipinski definition) is 0. The normalized spacial score (nSPS) is 12.0. The van der Waals surface area contributed by atoms with Crippen LogP contribution >= 0.6 is 11.8 Å². The van der Waals surface area contributed by atoms with Crippen molar-refractivity contribution >= 4 is 11.8 Å². The van der Waals surface area contributed by atoms with Crippen molar-refractivity contribution in [3.63, 3.8) is 0 Å². The van der Waals surface area contributed by atoms with E-state index in [-0.39, 0.29) is 0 Å². The molecule has 86 valence electrons. The molecule has 0 aliphatic carbocycles. The number of rotatable bonds is 8. The van der Waals surface area contributed by atoms with Gasteiger partial charge in [0.15, 0.2) is 0 Å². The predicted octanol–water partition coefficient (Wildman–Crippen LogP) is 2.83. The Bertz CT molecular complexity index is 120. The van der Waals surface area contributed by atoms with Gasteiger partial charge in [-0.3, -0.25) is 4.90 Å². The SMILES string of the molecule is CCOCSCCN(C(C)C)C(C)C. The minimum absolute atomic E-state index is 0.641. The summed E-state index contributed by atoms with van der Waals surface area (Å²) in [6.07, 6.45) is 0. The molecule has 0 saturated carbocycles. The van der Waals surface area contributed by atoms with Crippen molar-refractivity contribution in [1.29, 1.82) is 0 Å². The second-order valence-electron chi connectivity index (χ2n) is 3.94. The topological polar surface area (TPSA) is 12.5 Å². The van der Waals surface area contributed by atoms with Gasteiger partial charge >= 0.3 is 0 Å². The average molecular weight is 219 g/mol. The predicted molar refractivity (Wildman–Crippen MR) is 65.9 cm³/mol. The third kappa shape index (κ3) is 6.68. The van der Waals surface area contributed by atoms with Gasteiger partial charge < -0.3 is 4.74 Å². The van der Waals surface area contributed by atoms with E-state index < -0.39 is 0 Å². The van der Waals surface area contributed by atoms with Gasteiger partial charge in [0.05, 0.1) is 5.94 Å². The number of ether oxygens (including phenoxy) is 1. The molecular formula is C11H25NOS. The Hall–Kier alpha value is 0.270. The molecule has 0 aromatic carbocycles.